The molecule has 0 saturated heterocycles. The molecule has 0 aliphatic carbocycles. The van der Waals surface area contributed by atoms with E-state index in [1.807, 2.05) is 6.07 Å². The van der Waals surface area contributed by atoms with Gasteiger partial charge in [0.2, 0.25) is 0 Å². The lowest BCUT2D eigenvalue weighted by Gasteiger charge is -2.24. The molecule has 1 nitrogen and oxygen atoms in total. The van der Waals surface area contributed by atoms with Crippen molar-refractivity contribution in [3.05, 3.63) is 29.6 Å². The fraction of sp³-hybridized carbons (Fsp3) is 0.455. The van der Waals surface area contributed by atoms with Gasteiger partial charge in [0, 0.05) is 6.07 Å². The van der Waals surface area contributed by atoms with Gasteiger partial charge in [-0.15, -0.1) is 0 Å². The van der Waals surface area contributed by atoms with Gasteiger partial charge in [-0.05, 0) is 30.4 Å². The van der Waals surface area contributed by atoms with Gasteiger partial charge in [0.25, 0.3) is 0 Å². The van der Waals surface area contributed by atoms with Crippen LogP contribution >= 0.6 is 0 Å². The zero-order chi connectivity index (χ0) is 9.26. The van der Waals surface area contributed by atoms with Crippen LogP contribution in [-0.2, 0) is 6.42 Å². The number of rotatable bonds is 1. The van der Waals surface area contributed by atoms with Crippen LogP contribution in [0.4, 0.5) is 4.39 Å². The van der Waals surface area contributed by atoms with Crippen LogP contribution in [-0.4, -0.2) is 6.61 Å². The van der Waals surface area contributed by atoms with Gasteiger partial charge in [-0.2, -0.15) is 0 Å². The molecule has 0 fully saturated rings. The van der Waals surface area contributed by atoms with Crippen molar-refractivity contribution < 1.29 is 9.13 Å². The maximum atomic E-state index is 12.8. The molecule has 0 saturated carbocycles. The second-order valence-corrected chi connectivity index (χ2v) is 3.54. The van der Waals surface area contributed by atoms with Crippen molar-refractivity contribution in [2.75, 3.05) is 6.61 Å². The Kier molecular flexibility index (Phi) is 2.21. The number of hydrogen-bond donors (Lipinski definition) is 0. The Bertz CT molecular complexity index is 309. The van der Waals surface area contributed by atoms with E-state index in [1.165, 1.54) is 12.1 Å². The number of benzene rings is 1. The SMILES string of the molecule is CCC1COc2cc(F)ccc2C1. The van der Waals surface area contributed by atoms with Crippen molar-refractivity contribution in [2.45, 2.75) is 19.8 Å². The maximum absolute atomic E-state index is 12.8. The van der Waals surface area contributed by atoms with Crippen molar-refractivity contribution in [3.8, 4) is 5.75 Å². The van der Waals surface area contributed by atoms with Gasteiger partial charge >= 0.3 is 0 Å². The molecule has 70 valence electrons. The third-order valence-electron chi connectivity index (χ3n) is 2.59. The fourth-order valence-electron chi connectivity index (χ4n) is 1.67. The highest BCUT2D eigenvalue weighted by Crippen LogP contribution is 2.28. The fourth-order valence-corrected chi connectivity index (χ4v) is 1.67. The summed E-state index contributed by atoms with van der Waals surface area (Å²) in [6, 6.07) is 4.80. The first-order valence-electron chi connectivity index (χ1n) is 4.71. The quantitative estimate of drug-likeness (QED) is 0.645. The van der Waals surface area contributed by atoms with Crippen molar-refractivity contribution in [3.63, 3.8) is 0 Å². The van der Waals surface area contributed by atoms with E-state index < -0.39 is 0 Å². The van der Waals surface area contributed by atoms with Gasteiger partial charge in [-0.1, -0.05) is 13.0 Å². The molecule has 0 radical (unpaired) electrons. The molecular formula is C11H13FO. The highest BCUT2D eigenvalue weighted by Gasteiger charge is 2.18. The summed E-state index contributed by atoms with van der Waals surface area (Å²) in [5, 5.41) is 0. The molecule has 0 bridgehead atoms. The van der Waals surface area contributed by atoms with Crippen LogP contribution < -0.4 is 4.74 Å². The molecule has 1 aliphatic heterocycles. The minimum Gasteiger partial charge on any atom is -0.493 e. The monoisotopic (exact) mass is 180 g/mol. The minimum atomic E-state index is -0.214. The summed E-state index contributed by atoms with van der Waals surface area (Å²) < 4.78 is 18.3. The van der Waals surface area contributed by atoms with Gasteiger partial charge in [0.1, 0.15) is 11.6 Å². The standard InChI is InChI=1S/C11H13FO/c1-2-8-5-9-3-4-10(12)6-11(9)13-7-8/h3-4,6,8H,2,5,7H2,1H3. The predicted molar refractivity (Wildman–Crippen MR) is 49.4 cm³/mol. The van der Waals surface area contributed by atoms with E-state index in [-0.39, 0.29) is 5.82 Å². The van der Waals surface area contributed by atoms with Gasteiger partial charge in [-0.3, -0.25) is 0 Å². The molecule has 13 heavy (non-hydrogen) atoms. The normalized spacial score (nSPS) is 20.6. The Morgan fingerprint density at radius 3 is 3.15 bits per heavy atom. The number of halogens is 1. The molecule has 1 aromatic carbocycles. The summed E-state index contributed by atoms with van der Waals surface area (Å²) in [6.45, 7) is 2.88. The van der Waals surface area contributed by atoms with Gasteiger partial charge in [0.15, 0.2) is 0 Å². The average molecular weight is 180 g/mol. The largest absolute Gasteiger partial charge is 0.493 e. The summed E-state index contributed by atoms with van der Waals surface area (Å²) >= 11 is 0. The summed E-state index contributed by atoms with van der Waals surface area (Å²) in [7, 11) is 0. The van der Waals surface area contributed by atoms with E-state index in [9.17, 15) is 4.39 Å². The van der Waals surface area contributed by atoms with Crippen LogP contribution in [0.5, 0.6) is 5.75 Å². The van der Waals surface area contributed by atoms with Crippen LogP contribution in [0.15, 0.2) is 18.2 Å². The number of fused-ring (bicyclic) bond motifs is 1. The highest BCUT2D eigenvalue weighted by molar-refractivity contribution is 5.35. The topological polar surface area (TPSA) is 9.23 Å². The molecule has 2 rings (SSSR count). The first-order valence-corrected chi connectivity index (χ1v) is 4.71. The predicted octanol–water partition coefficient (Wildman–Crippen LogP) is 2.79. The summed E-state index contributed by atoms with van der Waals surface area (Å²) in [4.78, 5) is 0. The smallest absolute Gasteiger partial charge is 0.126 e. The lowest BCUT2D eigenvalue weighted by molar-refractivity contribution is 0.217. The first-order chi connectivity index (χ1) is 6.29. The van der Waals surface area contributed by atoms with E-state index >= 15 is 0 Å². The van der Waals surface area contributed by atoms with Crippen LogP contribution in [0.25, 0.3) is 0 Å². The Morgan fingerprint density at radius 1 is 1.54 bits per heavy atom. The van der Waals surface area contributed by atoms with Crippen LogP contribution in [0, 0.1) is 11.7 Å². The third kappa shape index (κ3) is 1.67. The first kappa shape index (κ1) is 8.54. The Morgan fingerprint density at radius 2 is 2.38 bits per heavy atom. The second kappa shape index (κ2) is 3.36. The van der Waals surface area contributed by atoms with Crippen molar-refractivity contribution in [2.24, 2.45) is 5.92 Å². The van der Waals surface area contributed by atoms with E-state index in [0.29, 0.717) is 5.92 Å². The zero-order valence-corrected chi connectivity index (χ0v) is 7.72. The van der Waals surface area contributed by atoms with Gasteiger partial charge < -0.3 is 4.74 Å². The second-order valence-electron chi connectivity index (χ2n) is 3.54. The summed E-state index contributed by atoms with van der Waals surface area (Å²) in [6.07, 6.45) is 2.14. The molecule has 0 spiro atoms. The van der Waals surface area contributed by atoms with Crippen LogP contribution in [0.3, 0.4) is 0 Å². The Balaban J connectivity index is 2.26. The van der Waals surface area contributed by atoms with Crippen molar-refractivity contribution in [1.29, 1.82) is 0 Å². The molecule has 2 heteroatoms. The maximum Gasteiger partial charge on any atom is 0.126 e. The molecule has 1 atom stereocenters. The van der Waals surface area contributed by atoms with Gasteiger partial charge in [-0.25, -0.2) is 4.39 Å². The number of hydrogen-bond acceptors (Lipinski definition) is 1. The summed E-state index contributed by atoms with van der Waals surface area (Å²) in [5.74, 6) is 1.11. The van der Waals surface area contributed by atoms with E-state index in [4.69, 9.17) is 4.74 Å². The lowest BCUT2D eigenvalue weighted by atomic mass is 9.95. The number of ether oxygens (including phenoxy) is 1. The molecule has 1 heterocycles. The van der Waals surface area contributed by atoms with E-state index in [2.05, 4.69) is 6.92 Å². The van der Waals surface area contributed by atoms with Crippen LogP contribution in [0.2, 0.25) is 0 Å². The summed E-state index contributed by atoms with van der Waals surface area (Å²) in [5.41, 5.74) is 1.14. The van der Waals surface area contributed by atoms with Crippen molar-refractivity contribution >= 4 is 0 Å². The molecule has 1 unspecified atom stereocenters. The Hall–Kier alpha value is -1.05. The molecule has 0 aromatic heterocycles. The molecule has 0 N–H and O–H groups in total. The minimum absolute atomic E-state index is 0.214. The molecule has 0 amide bonds. The Labute approximate surface area is 77.5 Å². The molecule has 1 aromatic rings. The van der Waals surface area contributed by atoms with E-state index in [1.54, 1.807) is 0 Å². The van der Waals surface area contributed by atoms with Crippen molar-refractivity contribution in [1.82, 2.24) is 0 Å². The van der Waals surface area contributed by atoms with Crippen LogP contribution in [0.1, 0.15) is 18.9 Å². The molecule has 1 aliphatic rings. The zero-order valence-electron chi connectivity index (χ0n) is 7.72. The van der Waals surface area contributed by atoms with E-state index in [0.717, 1.165) is 30.8 Å². The third-order valence-corrected chi connectivity index (χ3v) is 2.59. The highest BCUT2D eigenvalue weighted by atomic mass is 19.1. The molecular weight excluding hydrogens is 167 g/mol. The average Bonchev–Trinajstić information content (AvgIpc) is 2.17. The lowest BCUT2D eigenvalue weighted by Crippen LogP contribution is -2.20. The van der Waals surface area contributed by atoms with Gasteiger partial charge in [0.05, 0.1) is 6.61 Å².